The van der Waals surface area contributed by atoms with Gasteiger partial charge in [-0.15, -0.1) is 0 Å². The summed E-state index contributed by atoms with van der Waals surface area (Å²) in [6.45, 7) is 7.09. The van der Waals surface area contributed by atoms with Gasteiger partial charge < -0.3 is 20.1 Å². The lowest BCUT2D eigenvalue weighted by Gasteiger charge is -2.33. The summed E-state index contributed by atoms with van der Waals surface area (Å²) >= 11 is 0. The number of carboxylic acids is 1. The number of amides is 1. The first-order valence-corrected chi connectivity index (χ1v) is 14.1. The van der Waals surface area contributed by atoms with Crippen molar-refractivity contribution in [3.8, 4) is 0 Å². The molecule has 3 aliphatic rings. The van der Waals surface area contributed by atoms with Crippen LogP contribution in [0.1, 0.15) is 57.1 Å². The molecule has 40 heavy (non-hydrogen) atoms. The smallest absolute Gasteiger partial charge is 0.347 e. The molecule has 0 radical (unpaired) electrons. The topological polar surface area (TPSA) is 78.9 Å². The molecule has 1 amide bonds. The molecule has 6 heteroatoms. The third-order valence-electron chi connectivity index (χ3n) is 7.34. The Kier molecular flexibility index (Phi) is 9.68. The summed E-state index contributed by atoms with van der Waals surface area (Å²) in [5.74, 6) is -0.639. The molecule has 0 saturated carbocycles. The van der Waals surface area contributed by atoms with Crippen molar-refractivity contribution in [3.63, 3.8) is 0 Å². The van der Waals surface area contributed by atoms with Gasteiger partial charge in [-0.05, 0) is 76.7 Å². The maximum Gasteiger partial charge on any atom is 0.347 e. The first kappa shape index (κ1) is 29.0. The number of benzene rings is 1. The minimum absolute atomic E-state index is 0.0588. The average Bonchev–Trinajstić information content (AvgIpc) is 3.30. The third-order valence-corrected chi connectivity index (χ3v) is 7.34. The SMILES string of the molecule is Cc1ccc(CC(NC(=O)CC2=CC=C(OC(C)(C)C(=O)O)C=CC2)C2=CC=CC=C=C2N2CCCCC2)cc1. The lowest BCUT2D eigenvalue weighted by molar-refractivity contribution is -0.156. The normalized spacial score (nSPS) is 18.0. The second-order valence-electron chi connectivity index (χ2n) is 11.1. The lowest BCUT2D eigenvalue weighted by Crippen LogP contribution is -2.41. The largest absolute Gasteiger partial charge is 0.478 e. The van der Waals surface area contributed by atoms with E-state index in [-0.39, 0.29) is 18.4 Å². The molecule has 1 unspecified atom stereocenters. The highest BCUT2D eigenvalue weighted by atomic mass is 16.5. The van der Waals surface area contributed by atoms with Crippen LogP contribution in [0.3, 0.4) is 0 Å². The summed E-state index contributed by atoms with van der Waals surface area (Å²) in [5.41, 5.74) is 7.58. The summed E-state index contributed by atoms with van der Waals surface area (Å²) in [7, 11) is 0. The van der Waals surface area contributed by atoms with Crippen LogP contribution in [0.25, 0.3) is 0 Å². The Hall–Kier alpha value is -4.02. The van der Waals surface area contributed by atoms with Gasteiger partial charge in [0.15, 0.2) is 5.60 Å². The van der Waals surface area contributed by atoms with Crippen molar-refractivity contribution in [1.29, 1.82) is 0 Å². The zero-order chi connectivity index (χ0) is 28.5. The molecule has 6 nitrogen and oxygen atoms in total. The summed E-state index contributed by atoms with van der Waals surface area (Å²) in [6.07, 6.45) is 20.4. The maximum atomic E-state index is 13.5. The predicted octanol–water partition coefficient (Wildman–Crippen LogP) is 6.08. The van der Waals surface area contributed by atoms with Gasteiger partial charge >= 0.3 is 5.97 Å². The number of carbonyl (C=O) groups is 2. The van der Waals surface area contributed by atoms with Gasteiger partial charge in [-0.25, -0.2) is 4.79 Å². The van der Waals surface area contributed by atoms with Crippen molar-refractivity contribution < 1.29 is 19.4 Å². The van der Waals surface area contributed by atoms with Crippen molar-refractivity contribution in [3.05, 3.63) is 112 Å². The Morgan fingerprint density at radius 3 is 2.55 bits per heavy atom. The zero-order valence-corrected chi connectivity index (χ0v) is 23.8. The molecular weight excluding hydrogens is 500 g/mol. The Morgan fingerprint density at radius 2 is 1.82 bits per heavy atom. The van der Waals surface area contributed by atoms with Crippen molar-refractivity contribution in [2.75, 3.05) is 13.1 Å². The molecule has 1 heterocycles. The fourth-order valence-corrected chi connectivity index (χ4v) is 5.01. The van der Waals surface area contributed by atoms with E-state index in [1.54, 1.807) is 12.2 Å². The van der Waals surface area contributed by atoms with Crippen LogP contribution in [0.2, 0.25) is 0 Å². The molecule has 2 N–H and O–H groups in total. The predicted molar refractivity (Wildman–Crippen MR) is 158 cm³/mol. The minimum atomic E-state index is -1.34. The average molecular weight is 541 g/mol. The maximum absolute atomic E-state index is 13.5. The van der Waals surface area contributed by atoms with E-state index < -0.39 is 11.6 Å². The van der Waals surface area contributed by atoms with Gasteiger partial charge in [-0.1, -0.05) is 71.5 Å². The van der Waals surface area contributed by atoms with Gasteiger partial charge in [0, 0.05) is 25.1 Å². The second-order valence-corrected chi connectivity index (χ2v) is 11.1. The minimum Gasteiger partial charge on any atom is -0.478 e. The quantitative estimate of drug-likeness (QED) is 0.352. The van der Waals surface area contributed by atoms with Gasteiger partial charge in [0.25, 0.3) is 0 Å². The van der Waals surface area contributed by atoms with Crippen LogP contribution in [0.5, 0.6) is 0 Å². The molecule has 1 fully saturated rings. The Bertz CT molecular complexity index is 1310. The molecule has 1 aromatic carbocycles. The van der Waals surface area contributed by atoms with E-state index in [0.717, 1.165) is 48.3 Å². The van der Waals surface area contributed by atoms with Crippen LogP contribution in [0, 0.1) is 6.92 Å². The standard InChI is InChI=1S/C34H40N2O4/c1-25-15-17-27(18-16-25)23-30(29-13-6-4-7-14-31(29)36-21-8-5-9-22-36)35-32(37)24-26-11-10-12-28(20-19-26)40-34(2,3)33(38)39/h4,6-7,10,12-13,15-20,30H,5,8-9,11,21-24H2,1-3H3,(H,35,37)(H,38,39). The van der Waals surface area contributed by atoms with Gasteiger partial charge in [0.05, 0.1) is 11.7 Å². The van der Waals surface area contributed by atoms with Gasteiger partial charge in [0.2, 0.25) is 5.91 Å². The molecule has 1 aromatic rings. The first-order valence-electron chi connectivity index (χ1n) is 14.1. The number of allylic oxidation sites excluding steroid dienone is 7. The molecule has 1 saturated heterocycles. The number of carboxylic acid groups (broad SMARTS) is 1. The number of aryl methyl sites for hydroxylation is 1. The van der Waals surface area contributed by atoms with E-state index in [1.165, 1.54) is 25.8 Å². The number of aliphatic carboxylic acids is 1. The highest BCUT2D eigenvalue weighted by Gasteiger charge is 2.30. The van der Waals surface area contributed by atoms with Crippen molar-refractivity contribution >= 4 is 11.9 Å². The monoisotopic (exact) mass is 540 g/mol. The zero-order valence-electron chi connectivity index (χ0n) is 23.8. The number of nitrogens with zero attached hydrogens (tertiary/aromatic N) is 1. The fraction of sp³-hybridized carbons (Fsp3) is 0.382. The van der Waals surface area contributed by atoms with E-state index in [1.807, 2.05) is 30.4 Å². The third kappa shape index (κ3) is 8.00. The van der Waals surface area contributed by atoms with Crippen molar-refractivity contribution in [2.24, 2.45) is 0 Å². The number of nitrogens with one attached hydrogen (secondary N) is 1. The van der Waals surface area contributed by atoms with Crippen LogP contribution in [-0.2, 0) is 20.7 Å². The van der Waals surface area contributed by atoms with Gasteiger partial charge in [0.1, 0.15) is 5.76 Å². The number of rotatable bonds is 10. The number of piperidine rings is 1. The number of carbonyl (C=O) groups excluding carboxylic acids is 1. The van der Waals surface area contributed by atoms with Crippen LogP contribution >= 0.6 is 0 Å². The van der Waals surface area contributed by atoms with Crippen LogP contribution in [0.15, 0.2) is 101 Å². The van der Waals surface area contributed by atoms with Crippen LogP contribution in [0.4, 0.5) is 0 Å². The Labute approximate surface area is 237 Å². The van der Waals surface area contributed by atoms with Crippen molar-refractivity contribution in [2.45, 2.75) is 70.9 Å². The number of ether oxygens (including phenoxy) is 1. The van der Waals surface area contributed by atoms with E-state index in [0.29, 0.717) is 18.6 Å². The van der Waals surface area contributed by atoms with Gasteiger partial charge in [-0.2, -0.15) is 0 Å². The Balaban J connectivity index is 1.54. The molecule has 210 valence electrons. The molecular formula is C34H40N2O4. The molecule has 2 aliphatic carbocycles. The first-order chi connectivity index (χ1) is 19.2. The summed E-state index contributed by atoms with van der Waals surface area (Å²) in [5, 5.41) is 12.7. The second kappa shape index (κ2) is 13.4. The van der Waals surface area contributed by atoms with E-state index in [2.05, 4.69) is 53.2 Å². The van der Waals surface area contributed by atoms with Crippen LogP contribution < -0.4 is 5.32 Å². The molecule has 1 aliphatic heterocycles. The van der Waals surface area contributed by atoms with E-state index in [4.69, 9.17) is 4.74 Å². The fourth-order valence-electron chi connectivity index (χ4n) is 5.01. The molecule has 0 bridgehead atoms. The van der Waals surface area contributed by atoms with Crippen molar-refractivity contribution in [1.82, 2.24) is 10.2 Å². The molecule has 4 rings (SSSR count). The highest BCUT2D eigenvalue weighted by molar-refractivity contribution is 5.80. The summed E-state index contributed by atoms with van der Waals surface area (Å²) < 4.78 is 5.67. The summed E-state index contributed by atoms with van der Waals surface area (Å²) in [6, 6.07) is 8.26. The number of hydrogen-bond donors (Lipinski definition) is 2. The summed E-state index contributed by atoms with van der Waals surface area (Å²) in [4.78, 5) is 27.3. The molecule has 0 aromatic heterocycles. The van der Waals surface area contributed by atoms with E-state index in [9.17, 15) is 14.7 Å². The number of hydrogen-bond acceptors (Lipinski definition) is 4. The Morgan fingerprint density at radius 1 is 1.07 bits per heavy atom. The highest BCUT2D eigenvalue weighted by Crippen LogP contribution is 2.26. The van der Waals surface area contributed by atoms with E-state index >= 15 is 0 Å². The van der Waals surface area contributed by atoms with Crippen LogP contribution in [-0.4, -0.2) is 46.6 Å². The molecule has 1 atom stereocenters. The number of likely N-dealkylation sites (tertiary alicyclic amines) is 1. The molecule has 0 spiro atoms. The lowest BCUT2D eigenvalue weighted by atomic mass is 9.94. The van der Waals surface area contributed by atoms with Gasteiger partial charge in [-0.3, -0.25) is 4.79 Å².